The molecule has 1 heterocycles. The maximum atomic E-state index is 5.32. The Morgan fingerprint density at radius 2 is 1.90 bits per heavy atom. The third-order valence-corrected chi connectivity index (χ3v) is 4.35. The van der Waals surface area contributed by atoms with Crippen molar-refractivity contribution in [2.75, 3.05) is 14.2 Å². The monoisotopic (exact) mass is 305 g/mol. The van der Waals surface area contributed by atoms with Gasteiger partial charge in [0.1, 0.15) is 10.0 Å². The minimum atomic E-state index is 0.697. The number of hydrogen-bond acceptors (Lipinski definition) is 6. The lowest BCUT2D eigenvalue weighted by molar-refractivity contribution is 0.354. The van der Waals surface area contributed by atoms with Crippen molar-refractivity contribution in [2.24, 2.45) is 0 Å². The third kappa shape index (κ3) is 3.71. The van der Waals surface area contributed by atoms with Gasteiger partial charge in [0.05, 0.1) is 14.2 Å². The first-order chi connectivity index (χ1) is 10.3. The Balaban J connectivity index is 1.65. The Morgan fingerprint density at radius 3 is 2.62 bits per heavy atom. The van der Waals surface area contributed by atoms with E-state index in [1.807, 2.05) is 18.2 Å². The van der Waals surface area contributed by atoms with Crippen LogP contribution in [0.4, 0.5) is 0 Å². The highest BCUT2D eigenvalue weighted by Crippen LogP contribution is 2.29. The molecule has 0 radical (unpaired) electrons. The molecule has 0 aliphatic heterocycles. The summed E-state index contributed by atoms with van der Waals surface area (Å²) in [7, 11) is 3.29. The fourth-order valence-corrected chi connectivity index (χ4v) is 2.95. The van der Waals surface area contributed by atoms with E-state index in [0.29, 0.717) is 6.04 Å². The smallest absolute Gasteiger partial charge is 0.160 e. The van der Waals surface area contributed by atoms with Gasteiger partial charge in [0.15, 0.2) is 11.5 Å². The Hall–Kier alpha value is -1.66. The third-order valence-electron chi connectivity index (χ3n) is 3.43. The Morgan fingerprint density at radius 1 is 1.14 bits per heavy atom. The summed E-state index contributed by atoms with van der Waals surface area (Å²) in [6.07, 6.45) is 3.34. The average molecular weight is 305 g/mol. The van der Waals surface area contributed by atoms with Crippen LogP contribution < -0.4 is 14.8 Å². The van der Waals surface area contributed by atoms with E-state index in [2.05, 4.69) is 15.5 Å². The lowest BCUT2D eigenvalue weighted by Gasteiger charge is -2.08. The molecule has 5 nitrogen and oxygen atoms in total. The van der Waals surface area contributed by atoms with Crippen LogP contribution in [0.25, 0.3) is 0 Å². The minimum Gasteiger partial charge on any atom is -0.493 e. The number of methoxy groups -OCH3 is 2. The summed E-state index contributed by atoms with van der Waals surface area (Å²) in [4.78, 5) is 0. The largest absolute Gasteiger partial charge is 0.493 e. The molecule has 0 saturated heterocycles. The summed E-state index contributed by atoms with van der Waals surface area (Å²) < 4.78 is 10.6. The molecule has 0 unspecified atom stereocenters. The summed E-state index contributed by atoms with van der Waals surface area (Å²) in [5.41, 5.74) is 1.14. The van der Waals surface area contributed by atoms with E-state index < -0.39 is 0 Å². The van der Waals surface area contributed by atoms with Crippen LogP contribution >= 0.6 is 11.3 Å². The number of ether oxygens (including phenoxy) is 2. The molecule has 1 aromatic carbocycles. The molecule has 112 valence electrons. The van der Waals surface area contributed by atoms with Crippen LogP contribution in [0, 0.1) is 0 Å². The van der Waals surface area contributed by atoms with Gasteiger partial charge in [0.2, 0.25) is 0 Å². The van der Waals surface area contributed by atoms with Crippen LogP contribution in [0.2, 0.25) is 0 Å². The second-order valence-electron chi connectivity index (χ2n) is 5.11. The highest BCUT2D eigenvalue weighted by molar-refractivity contribution is 7.11. The van der Waals surface area contributed by atoms with Crippen molar-refractivity contribution in [3.05, 3.63) is 33.8 Å². The molecule has 1 aliphatic rings. The van der Waals surface area contributed by atoms with Crippen molar-refractivity contribution < 1.29 is 9.47 Å². The number of aromatic nitrogens is 2. The molecule has 0 bridgehead atoms. The molecule has 6 heteroatoms. The summed E-state index contributed by atoms with van der Waals surface area (Å²) in [5.74, 6) is 1.49. The van der Waals surface area contributed by atoms with Crippen LogP contribution in [0.1, 0.15) is 28.4 Å². The maximum absolute atomic E-state index is 5.32. The molecule has 0 spiro atoms. The zero-order chi connectivity index (χ0) is 14.7. The van der Waals surface area contributed by atoms with Crippen LogP contribution in [0.15, 0.2) is 18.2 Å². The molecular formula is C15H19N3O2S. The Kier molecular flexibility index (Phi) is 4.36. The van der Waals surface area contributed by atoms with Crippen molar-refractivity contribution in [1.82, 2.24) is 15.5 Å². The second-order valence-corrected chi connectivity index (χ2v) is 6.26. The lowest BCUT2D eigenvalue weighted by atomic mass is 10.1. The number of nitrogens with one attached hydrogen (secondary N) is 1. The second kappa shape index (κ2) is 6.41. The average Bonchev–Trinajstić information content (AvgIpc) is 3.24. The van der Waals surface area contributed by atoms with E-state index in [4.69, 9.17) is 9.47 Å². The van der Waals surface area contributed by atoms with E-state index in [9.17, 15) is 0 Å². The molecule has 1 fully saturated rings. The standard InChI is InChI=1S/C15H19N3O2S/c1-19-12-6-3-10(7-13(12)20-2)8-14-17-18-15(21-14)9-16-11-4-5-11/h3,6-7,11,16H,4-5,8-9H2,1-2H3. The predicted octanol–water partition coefficient (Wildman–Crippen LogP) is 2.40. The van der Waals surface area contributed by atoms with Gasteiger partial charge in [-0.1, -0.05) is 17.4 Å². The number of benzene rings is 1. The number of nitrogens with zero attached hydrogens (tertiary/aromatic N) is 2. The molecule has 1 aromatic heterocycles. The van der Waals surface area contributed by atoms with Crippen LogP contribution in [0.3, 0.4) is 0 Å². The Labute approximate surface area is 128 Å². The van der Waals surface area contributed by atoms with Gasteiger partial charge < -0.3 is 14.8 Å². The van der Waals surface area contributed by atoms with E-state index in [-0.39, 0.29) is 0 Å². The summed E-state index contributed by atoms with van der Waals surface area (Å²) in [6.45, 7) is 0.828. The Bertz CT molecular complexity index is 611. The van der Waals surface area contributed by atoms with Crippen LogP contribution in [-0.2, 0) is 13.0 Å². The fraction of sp³-hybridized carbons (Fsp3) is 0.467. The molecule has 3 rings (SSSR count). The summed E-state index contributed by atoms with van der Waals surface area (Å²) >= 11 is 1.66. The first-order valence-corrected chi connectivity index (χ1v) is 7.85. The van der Waals surface area contributed by atoms with Gasteiger partial charge in [-0.2, -0.15) is 0 Å². The number of rotatable bonds is 7. The van der Waals surface area contributed by atoms with Gasteiger partial charge in [-0.05, 0) is 30.5 Å². The lowest BCUT2D eigenvalue weighted by Crippen LogP contribution is -2.14. The molecule has 1 aliphatic carbocycles. The molecule has 21 heavy (non-hydrogen) atoms. The van der Waals surface area contributed by atoms with Crippen molar-refractivity contribution in [2.45, 2.75) is 31.8 Å². The number of hydrogen-bond donors (Lipinski definition) is 1. The van der Waals surface area contributed by atoms with E-state index in [1.165, 1.54) is 12.8 Å². The van der Waals surface area contributed by atoms with E-state index in [1.54, 1.807) is 25.6 Å². The zero-order valence-corrected chi connectivity index (χ0v) is 13.1. The van der Waals surface area contributed by atoms with Crippen molar-refractivity contribution in [3.8, 4) is 11.5 Å². The normalized spacial score (nSPS) is 14.2. The van der Waals surface area contributed by atoms with Crippen molar-refractivity contribution in [3.63, 3.8) is 0 Å². The quantitative estimate of drug-likeness (QED) is 0.851. The van der Waals surface area contributed by atoms with Crippen LogP contribution in [0.5, 0.6) is 11.5 Å². The van der Waals surface area contributed by atoms with Gasteiger partial charge in [-0.3, -0.25) is 0 Å². The summed E-state index contributed by atoms with van der Waals surface area (Å²) in [6, 6.07) is 6.64. The molecule has 1 N–H and O–H groups in total. The van der Waals surface area contributed by atoms with Crippen LogP contribution in [-0.4, -0.2) is 30.5 Å². The highest BCUT2D eigenvalue weighted by Gasteiger charge is 2.20. The first kappa shape index (κ1) is 14.3. The van der Waals surface area contributed by atoms with Gasteiger partial charge in [0, 0.05) is 19.0 Å². The summed E-state index contributed by atoms with van der Waals surface area (Å²) in [5, 5.41) is 14.0. The van der Waals surface area contributed by atoms with E-state index >= 15 is 0 Å². The SMILES string of the molecule is COc1ccc(Cc2nnc(CNC3CC3)s2)cc1OC. The van der Waals surface area contributed by atoms with Gasteiger partial charge >= 0.3 is 0 Å². The minimum absolute atomic E-state index is 0.697. The fourth-order valence-electron chi connectivity index (χ4n) is 2.12. The maximum Gasteiger partial charge on any atom is 0.160 e. The zero-order valence-electron chi connectivity index (χ0n) is 12.3. The molecule has 0 amide bonds. The first-order valence-electron chi connectivity index (χ1n) is 7.04. The van der Waals surface area contributed by atoms with Gasteiger partial charge in [-0.15, -0.1) is 10.2 Å². The van der Waals surface area contributed by atoms with E-state index in [0.717, 1.165) is 40.0 Å². The van der Waals surface area contributed by atoms with Crippen molar-refractivity contribution >= 4 is 11.3 Å². The van der Waals surface area contributed by atoms with Crippen molar-refractivity contribution in [1.29, 1.82) is 0 Å². The van der Waals surface area contributed by atoms with Gasteiger partial charge in [0.25, 0.3) is 0 Å². The van der Waals surface area contributed by atoms with Gasteiger partial charge in [-0.25, -0.2) is 0 Å². The molecular weight excluding hydrogens is 286 g/mol. The molecule has 1 saturated carbocycles. The molecule has 2 aromatic rings. The highest BCUT2D eigenvalue weighted by atomic mass is 32.1. The molecule has 0 atom stereocenters. The predicted molar refractivity (Wildman–Crippen MR) is 82.1 cm³/mol. The topological polar surface area (TPSA) is 56.3 Å².